The summed E-state index contributed by atoms with van der Waals surface area (Å²) in [4.78, 5) is 27.0. The van der Waals surface area contributed by atoms with E-state index in [1.807, 2.05) is 23.1 Å². The van der Waals surface area contributed by atoms with Crippen LogP contribution in [0.3, 0.4) is 0 Å². The number of carboxylic acids is 1. The molecule has 1 unspecified atom stereocenters. The largest absolute Gasteiger partial charge is 0.481 e. The maximum absolute atomic E-state index is 12.6. The zero-order chi connectivity index (χ0) is 19.4. The van der Waals surface area contributed by atoms with Gasteiger partial charge in [0.05, 0.1) is 18.2 Å². The summed E-state index contributed by atoms with van der Waals surface area (Å²) in [5.74, 6) is -1.33. The zero-order valence-corrected chi connectivity index (χ0v) is 16.0. The van der Waals surface area contributed by atoms with Gasteiger partial charge < -0.3 is 10.0 Å². The number of likely N-dealkylation sites (tertiary alicyclic amines) is 1. The third-order valence-corrected chi connectivity index (χ3v) is 7.01. The molecule has 0 spiro atoms. The number of carbonyl (C=O) groups is 2. The number of piperazine rings is 1. The van der Waals surface area contributed by atoms with Crippen LogP contribution in [0.15, 0.2) is 30.3 Å². The summed E-state index contributed by atoms with van der Waals surface area (Å²) >= 11 is 0. The highest BCUT2D eigenvalue weighted by Crippen LogP contribution is 2.17. The molecule has 2 aliphatic rings. The third kappa shape index (κ3) is 5.06. The molecular weight excluding hydrogens is 370 g/mol. The number of rotatable bonds is 6. The smallest absolute Gasteiger partial charge is 0.307 e. The van der Waals surface area contributed by atoms with Gasteiger partial charge in [-0.15, -0.1) is 0 Å². The first-order chi connectivity index (χ1) is 12.8. The average Bonchev–Trinajstić information content (AvgIpc) is 3.11. The number of amides is 1. The predicted molar refractivity (Wildman–Crippen MR) is 99.4 cm³/mol. The van der Waals surface area contributed by atoms with Crippen LogP contribution in [0.5, 0.6) is 0 Å². The quantitative estimate of drug-likeness (QED) is 0.732. The molecule has 2 saturated heterocycles. The average molecular weight is 395 g/mol. The van der Waals surface area contributed by atoms with Gasteiger partial charge in [-0.25, -0.2) is 8.42 Å². The normalized spacial score (nSPS) is 22.1. The van der Waals surface area contributed by atoms with Crippen molar-refractivity contribution in [2.45, 2.75) is 12.2 Å². The van der Waals surface area contributed by atoms with Crippen LogP contribution in [0.4, 0.5) is 0 Å². The fraction of sp³-hybridized carbons (Fsp3) is 0.556. The first kappa shape index (κ1) is 19.8. The summed E-state index contributed by atoms with van der Waals surface area (Å²) in [7, 11) is -3.41. The lowest BCUT2D eigenvalue weighted by Gasteiger charge is -2.34. The van der Waals surface area contributed by atoms with E-state index in [-0.39, 0.29) is 18.2 Å². The molecule has 1 amide bonds. The number of carboxylic acid groups (broad SMARTS) is 1. The summed E-state index contributed by atoms with van der Waals surface area (Å²) in [5.41, 5.74) is 0.748. The lowest BCUT2D eigenvalue weighted by atomic mass is 10.1. The first-order valence-corrected chi connectivity index (χ1v) is 10.7. The second kappa shape index (κ2) is 8.37. The van der Waals surface area contributed by atoms with Gasteiger partial charge in [0.1, 0.15) is 0 Å². The maximum Gasteiger partial charge on any atom is 0.307 e. The first-order valence-electron chi connectivity index (χ1n) is 9.10. The van der Waals surface area contributed by atoms with Gasteiger partial charge in [-0.2, -0.15) is 4.31 Å². The van der Waals surface area contributed by atoms with Gasteiger partial charge in [-0.05, 0) is 18.5 Å². The highest BCUT2D eigenvalue weighted by molar-refractivity contribution is 7.88. The minimum Gasteiger partial charge on any atom is -0.481 e. The SMILES string of the molecule is O=C(O)C1CCN(CC(=O)N2CCN(S(=O)(=O)Cc3ccccc3)CC2)C1. The molecule has 9 heteroatoms. The topological polar surface area (TPSA) is 98.2 Å². The van der Waals surface area contributed by atoms with Crippen molar-refractivity contribution >= 4 is 21.9 Å². The van der Waals surface area contributed by atoms with Crippen molar-refractivity contribution < 1.29 is 23.1 Å². The Balaban J connectivity index is 1.48. The highest BCUT2D eigenvalue weighted by atomic mass is 32.2. The van der Waals surface area contributed by atoms with Gasteiger partial charge in [-0.3, -0.25) is 14.5 Å². The van der Waals surface area contributed by atoms with Gasteiger partial charge in [-0.1, -0.05) is 30.3 Å². The fourth-order valence-corrected chi connectivity index (χ4v) is 5.08. The molecule has 27 heavy (non-hydrogen) atoms. The number of hydrogen-bond acceptors (Lipinski definition) is 5. The van der Waals surface area contributed by atoms with Crippen LogP contribution in [0.25, 0.3) is 0 Å². The summed E-state index contributed by atoms with van der Waals surface area (Å²) in [5, 5.41) is 9.04. The lowest BCUT2D eigenvalue weighted by Crippen LogP contribution is -2.52. The summed E-state index contributed by atoms with van der Waals surface area (Å²) in [6.45, 7) is 2.50. The summed E-state index contributed by atoms with van der Waals surface area (Å²) in [6.07, 6.45) is 0.564. The van der Waals surface area contributed by atoms with E-state index < -0.39 is 21.9 Å². The molecule has 1 aromatic rings. The van der Waals surface area contributed by atoms with E-state index in [9.17, 15) is 18.0 Å². The lowest BCUT2D eigenvalue weighted by molar-refractivity contribution is -0.141. The number of carbonyl (C=O) groups excluding carboxylic acids is 1. The monoisotopic (exact) mass is 395 g/mol. The third-order valence-electron chi connectivity index (χ3n) is 5.16. The standard InChI is InChI=1S/C18H25N3O5S/c22-17(13-19-7-6-16(12-19)18(23)24)20-8-10-21(11-9-20)27(25,26)14-15-4-2-1-3-5-15/h1-5,16H,6-14H2,(H,23,24). The number of sulfonamides is 1. The molecule has 0 radical (unpaired) electrons. The van der Waals surface area contributed by atoms with E-state index in [1.165, 1.54) is 4.31 Å². The highest BCUT2D eigenvalue weighted by Gasteiger charge is 2.32. The molecule has 3 rings (SSSR count). The van der Waals surface area contributed by atoms with E-state index in [2.05, 4.69) is 0 Å². The Kier molecular flexibility index (Phi) is 6.13. The van der Waals surface area contributed by atoms with Crippen molar-refractivity contribution in [2.24, 2.45) is 5.92 Å². The second-order valence-corrected chi connectivity index (χ2v) is 9.05. The van der Waals surface area contributed by atoms with Gasteiger partial charge in [0.2, 0.25) is 15.9 Å². The summed E-state index contributed by atoms with van der Waals surface area (Å²) in [6, 6.07) is 9.05. The minimum absolute atomic E-state index is 0.0356. The number of hydrogen-bond donors (Lipinski definition) is 1. The van der Waals surface area contributed by atoms with E-state index in [4.69, 9.17) is 5.11 Å². The number of nitrogens with zero attached hydrogens (tertiary/aromatic N) is 3. The molecule has 2 aliphatic heterocycles. The molecule has 1 N–H and O–H groups in total. The van der Waals surface area contributed by atoms with Gasteiger partial charge in [0, 0.05) is 32.7 Å². The molecule has 0 aliphatic carbocycles. The van der Waals surface area contributed by atoms with E-state index >= 15 is 0 Å². The Morgan fingerprint density at radius 1 is 1.04 bits per heavy atom. The number of aliphatic carboxylic acids is 1. The van der Waals surface area contributed by atoms with Crippen molar-refractivity contribution in [1.29, 1.82) is 0 Å². The molecule has 148 valence electrons. The van der Waals surface area contributed by atoms with Gasteiger partial charge in [0.15, 0.2) is 0 Å². The molecule has 0 bridgehead atoms. The molecule has 0 aromatic heterocycles. The Morgan fingerprint density at radius 3 is 2.30 bits per heavy atom. The van der Waals surface area contributed by atoms with Crippen LogP contribution < -0.4 is 0 Å². The van der Waals surface area contributed by atoms with E-state index in [1.54, 1.807) is 17.0 Å². The molecule has 1 aromatic carbocycles. The van der Waals surface area contributed by atoms with Crippen molar-refractivity contribution in [3.05, 3.63) is 35.9 Å². The van der Waals surface area contributed by atoms with Crippen molar-refractivity contribution in [3.8, 4) is 0 Å². The second-order valence-electron chi connectivity index (χ2n) is 7.08. The van der Waals surface area contributed by atoms with Crippen molar-refractivity contribution in [1.82, 2.24) is 14.1 Å². The van der Waals surface area contributed by atoms with Gasteiger partial charge >= 0.3 is 5.97 Å². The Labute approximate surface area is 159 Å². The van der Waals surface area contributed by atoms with Crippen LogP contribution >= 0.6 is 0 Å². The van der Waals surface area contributed by atoms with E-state index in [0.29, 0.717) is 45.7 Å². The Hall–Kier alpha value is -1.97. The molecule has 8 nitrogen and oxygen atoms in total. The fourth-order valence-electron chi connectivity index (χ4n) is 3.56. The van der Waals surface area contributed by atoms with Gasteiger partial charge in [0.25, 0.3) is 0 Å². The number of benzene rings is 1. The van der Waals surface area contributed by atoms with Crippen LogP contribution in [-0.2, 0) is 25.4 Å². The van der Waals surface area contributed by atoms with Crippen LogP contribution in [-0.4, -0.2) is 85.3 Å². The van der Waals surface area contributed by atoms with E-state index in [0.717, 1.165) is 5.56 Å². The minimum atomic E-state index is -3.41. The predicted octanol–water partition coefficient (Wildman–Crippen LogP) is 0.0671. The van der Waals surface area contributed by atoms with Crippen LogP contribution in [0.1, 0.15) is 12.0 Å². The van der Waals surface area contributed by atoms with Crippen LogP contribution in [0.2, 0.25) is 0 Å². The molecule has 1 atom stereocenters. The maximum atomic E-state index is 12.6. The molecule has 2 heterocycles. The van der Waals surface area contributed by atoms with Crippen LogP contribution in [0, 0.1) is 5.92 Å². The van der Waals surface area contributed by atoms with Crippen molar-refractivity contribution in [3.63, 3.8) is 0 Å². The Morgan fingerprint density at radius 2 is 1.70 bits per heavy atom. The zero-order valence-electron chi connectivity index (χ0n) is 15.2. The Bertz CT molecular complexity index is 775. The van der Waals surface area contributed by atoms with Crippen molar-refractivity contribution in [2.75, 3.05) is 45.8 Å². The molecular formula is C18H25N3O5S. The summed E-state index contributed by atoms with van der Waals surface area (Å²) < 4.78 is 26.6. The molecule has 0 saturated carbocycles. The molecule has 2 fully saturated rings.